The van der Waals surface area contributed by atoms with Crippen molar-refractivity contribution < 1.29 is 4.79 Å². The number of nitrogens with zero attached hydrogens (tertiary/aromatic N) is 1. The zero-order valence-electron chi connectivity index (χ0n) is 11.9. The third-order valence-corrected chi connectivity index (χ3v) is 4.43. The first-order valence-corrected chi connectivity index (χ1v) is 7.85. The molecule has 118 valence electrons. The predicted molar refractivity (Wildman–Crippen MR) is 90.5 cm³/mol. The van der Waals surface area contributed by atoms with Crippen molar-refractivity contribution in [2.45, 2.75) is 32.2 Å². The summed E-state index contributed by atoms with van der Waals surface area (Å²) in [4.78, 5) is 13.8. The van der Waals surface area contributed by atoms with Gasteiger partial charge in [-0.2, -0.15) is 0 Å². The molecule has 1 fully saturated rings. The highest BCUT2D eigenvalue weighted by atomic mass is 35.5. The van der Waals surface area contributed by atoms with E-state index in [1.54, 1.807) is 6.07 Å². The number of amides is 1. The van der Waals surface area contributed by atoms with Crippen molar-refractivity contribution in [3.8, 4) is 0 Å². The Morgan fingerprint density at radius 1 is 1.19 bits per heavy atom. The summed E-state index contributed by atoms with van der Waals surface area (Å²) in [5, 5.41) is 4.50. The van der Waals surface area contributed by atoms with Gasteiger partial charge in [0.25, 0.3) is 0 Å². The molecule has 6 heteroatoms. The molecule has 0 atom stereocenters. The van der Waals surface area contributed by atoms with E-state index in [0.29, 0.717) is 23.0 Å². The second-order valence-corrected chi connectivity index (χ2v) is 5.87. The van der Waals surface area contributed by atoms with Gasteiger partial charge in [-0.25, -0.2) is 0 Å². The lowest BCUT2D eigenvalue weighted by atomic mass is 10.2. The molecule has 1 N–H and O–H groups in total. The van der Waals surface area contributed by atoms with Crippen LogP contribution < -0.4 is 5.32 Å². The molecular weight excluding hydrogens is 331 g/mol. The molecule has 0 unspecified atom stereocenters. The molecule has 1 heterocycles. The zero-order chi connectivity index (χ0) is 14.4. The third kappa shape index (κ3) is 5.67. The molecule has 0 bridgehead atoms. The maximum Gasteiger partial charge on any atom is 0.222 e. The van der Waals surface area contributed by atoms with Crippen molar-refractivity contribution in [2.75, 3.05) is 19.6 Å². The highest BCUT2D eigenvalue weighted by molar-refractivity contribution is 6.42. The quantitative estimate of drug-likeness (QED) is 0.816. The molecule has 0 radical (unpaired) electrons. The maximum absolute atomic E-state index is 11.8. The van der Waals surface area contributed by atoms with Crippen molar-refractivity contribution in [3.05, 3.63) is 33.8 Å². The van der Waals surface area contributed by atoms with E-state index >= 15 is 0 Å². The Labute approximate surface area is 142 Å². The molecule has 1 aromatic rings. The van der Waals surface area contributed by atoms with Gasteiger partial charge >= 0.3 is 0 Å². The van der Waals surface area contributed by atoms with Crippen LogP contribution in [0.5, 0.6) is 0 Å². The molecular formula is C15H21Cl3N2O. The SMILES string of the molecule is Cl.O=C1CCCCCN1CCNCc1cccc(Cl)c1Cl. The van der Waals surface area contributed by atoms with Crippen LogP contribution >= 0.6 is 35.6 Å². The van der Waals surface area contributed by atoms with Crippen molar-refractivity contribution in [1.82, 2.24) is 10.2 Å². The zero-order valence-corrected chi connectivity index (χ0v) is 14.2. The Kier molecular flexibility index (Phi) is 8.42. The Morgan fingerprint density at radius 3 is 2.81 bits per heavy atom. The van der Waals surface area contributed by atoms with E-state index in [9.17, 15) is 4.79 Å². The van der Waals surface area contributed by atoms with Gasteiger partial charge in [0.2, 0.25) is 5.91 Å². The van der Waals surface area contributed by atoms with E-state index in [2.05, 4.69) is 5.32 Å². The fourth-order valence-corrected chi connectivity index (χ4v) is 2.78. The number of carbonyl (C=O) groups excluding carboxylic acids is 1. The van der Waals surface area contributed by atoms with Gasteiger partial charge < -0.3 is 10.2 Å². The van der Waals surface area contributed by atoms with Crippen LogP contribution in [0.3, 0.4) is 0 Å². The van der Waals surface area contributed by atoms with E-state index in [-0.39, 0.29) is 18.3 Å². The topological polar surface area (TPSA) is 32.3 Å². The number of rotatable bonds is 5. The molecule has 1 saturated heterocycles. The second kappa shape index (κ2) is 9.52. The van der Waals surface area contributed by atoms with Crippen molar-refractivity contribution in [1.29, 1.82) is 0 Å². The van der Waals surface area contributed by atoms with Crippen LogP contribution in [-0.4, -0.2) is 30.4 Å². The molecule has 0 saturated carbocycles. The second-order valence-electron chi connectivity index (χ2n) is 5.08. The van der Waals surface area contributed by atoms with Crippen LogP contribution in [0, 0.1) is 0 Å². The normalized spacial score (nSPS) is 15.5. The molecule has 0 spiro atoms. The molecule has 2 rings (SSSR count). The molecule has 1 amide bonds. The molecule has 1 aliphatic heterocycles. The van der Waals surface area contributed by atoms with E-state index in [4.69, 9.17) is 23.2 Å². The summed E-state index contributed by atoms with van der Waals surface area (Å²) in [5.41, 5.74) is 0.987. The van der Waals surface area contributed by atoms with Gasteiger partial charge in [-0.15, -0.1) is 12.4 Å². The van der Waals surface area contributed by atoms with Crippen LogP contribution in [0.25, 0.3) is 0 Å². The summed E-state index contributed by atoms with van der Waals surface area (Å²) in [6.07, 6.45) is 4.00. The first kappa shape index (κ1) is 18.6. The summed E-state index contributed by atoms with van der Waals surface area (Å²) in [5.74, 6) is 0.282. The largest absolute Gasteiger partial charge is 0.341 e. The number of nitrogens with one attached hydrogen (secondary N) is 1. The first-order chi connectivity index (χ1) is 9.68. The van der Waals surface area contributed by atoms with Crippen molar-refractivity contribution >= 4 is 41.5 Å². The minimum Gasteiger partial charge on any atom is -0.341 e. The van der Waals surface area contributed by atoms with Crippen LogP contribution in [0.2, 0.25) is 10.0 Å². The minimum absolute atomic E-state index is 0. The highest BCUT2D eigenvalue weighted by Gasteiger charge is 2.15. The summed E-state index contributed by atoms with van der Waals surface area (Å²) in [6.45, 7) is 3.09. The predicted octanol–water partition coefficient (Wildman–Crippen LogP) is 3.91. The molecule has 1 aliphatic rings. The van der Waals surface area contributed by atoms with E-state index in [0.717, 1.165) is 44.5 Å². The Hall–Kier alpha value is -0.480. The number of likely N-dealkylation sites (tertiary alicyclic amines) is 1. The summed E-state index contributed by atoms with van der Waals surface area (Å²) >= 11 is 12.1. The van der Waals surface area contributed by atoms with Gasteiger partial charge in [-0.05, 0) is 24.5 Å². The first-order valence-electron chi connectivity index (χ1n) is 7.10. The van der Waals surface area contributed by atoms with Gasteiger partial charge in [0.1, 0.15) is 0 Å². The third-order valence-electron chi connectivity index (χ3n) is 3.58. The Balaban J connectivity index is 0.00000220. The summed E-state index contributed by atoms with van der Waals surface area (Å²) in [7, 11) is 0. The molecule has 1 aromatic carbocycles. The monoisotopic (exact) mass is 350 g/mol. The lowest BCUT2D eigenvalue weighted by Gasteiger charge is -2.20. The minimum atomic E-state index is 0. The Bertz CT molecular complexity index is 468. The number of hydrogen-bond donors (Lipinski definition) is 1. The summed E-state index contributed by atoms with van der Waals surface area (Å²) < 4.78 is 0. The number of benzene rings is 1. The maximum atomic E-state index is 11.8. The highest BCUT2D eigenvalue weighted by Crippen LogP contribution is 2.25. The van der Waals surface area contributed by atoms with Crippen molar-refractivity contribution in [2.24, 2.45) is 0 Å². The average Bonchev–Trinajstić information content (AvgIpc) is 2.64. The average molecular weight is 352 g/mol. The van der Waals surface area contributed by atoms with Gasteiger partial charge in [0.15, 0.2) is 0 Å². The van der Waals surface area contributed by atoms with Crippen LogP contribution in [0.15, 0.2) is 18.2 Å². The fourth-order valence-electron chi connectivity index (χ4n) is 2.40. The van der Waals surface area contributed by atoms with E-state index in [1.807, 2.05) is 17.0 Å². The fraction of sp³-hybridized carbons (Fsp3) is 0.533. The number of halogens is 3. The van der Waals surface area contributed by atoms with Crippen LogP contribution in [0.1, 0.15) is 31.2 Å². The smallest absolute Gasteiger partial charge is 0.222 e. The standard InChI is InChI=1S/C15H20Cl2N2O.ClH/c16-13-6-4-5-12(15(13)17)11-18-8-10-19-9-3-1-2-7-14(19)20;/h4-6,18H,1-3,7-11H2;1H. The molecule has 21 heavy (non-hydrogen) atoms. The number of carbonyl (C=O) groups is 1. The van der Waals surface area contributed by atoms with Gasteiger partial charge in [-0.1, -0.05) is 41.8 Å². The van der Waals surface area contributed by atoms with Crippen LogP contribution in [-0.2, 0) is 11.3 Å². The van der Waals surface area contributed by atoms with Crippen molar-refractivity contribution in [3.63, 3.8) is 0 Å². The van der Waals surface area contributed by atoms with E-state index < -0.39 is 0 Å². The summed E-state index contributed by atoms with van der Waals surface area (Å²) in [6, 6.07) is 5.63. The lowest BCUT2D eigenvalue weighted by molar-refractivity contribution is -0.130. The van der Waals surface area contributed by atoms with Gasteiger partial charge in [0.05, 0.1) is 10.0 Å². The molecule has 0 aromatic heterocycles. The molecule has 3 nitrogen and oxygen atoms in total. The van der Waals surface area contributed by atoms with Gasteiger partial charge in [-0.3, -0.25) is 4.79 Å². The van der Waals surface area contributed by atoms with Gasteiger partial charge in [0, 0.05) is 32.6 Å². The lowest BCUT2D eigenvalue weighted by Crippen LogP contribution is -2.36. The van der Waals surface area contributed by atoms with Crippen LogP contribution in [0.4, 0.5) is 0 Å². The van der Waals surface area contributed by atoms with E-state index in [1.165, 1.54) is 0 Å². The number of hydrogen-bond acceptors (Lipinski definition) is 2. The molecule has 0 aliphatic carbocycles. The Morgan fingerprint density at radius 2 is 2.00 bits per heavy atom.